The van der Waals surface area contributed by atoms with Gasteiger partial charge >= 0.3 is 23.9 Å². The standard InChI is InChI=1S/C12H8F9IO/c13-9(14,10(15,16)11(17,18)12(19,20)21)5-8(23)6-1-3-7(22)4-2-6/h1-4,8,23H,5H2. The normalized spacial score (nSPS) is 15.6. The third kappa shape index (κ3) is 3.86. The van der Waals surface area contributed by atoms with Crippen molar-refractivity contribution < 1.29 is 44.6 Å². The minimum Gasteiger partial charge on any atom is -0.388 e. The zero-order valence-corrected chi connectivity index (χ0v) is 13.0. The summed E-state index contributed by atoms with van der Waals surface area (Å²) in [6.45, 7) is 0. The van der Waals surface area contributed by atoms with Crippen molar-refractivity contribution in [3.05, 3.63) is 33.4 Å². The van der Waals surface area contributed by atoms with Gasteiger partial charge in [0.05, 0.1) is 6.10 Å². The molecular formula is C12H8F9IO. The van der Waals surface area contributed by atoms with Crippen molar-refractivity contribution >= 4 is 22.6 Å². The highest BCUT2D eigenvalue weighted by atomic mass is 127. The van der Waals surface area contributed by atoms with Crippen molar-refractivity contribution in [1.29, 1.82) is 0 Å². The highest BCUT2D eigenvalue weighted by Gasteiger charge is 2.81. The van der Waals surface area contributed by atoms with E-state index in [0.717, 1.165) is 12.1 Å². The number of aliphatic hydroxyl groups is 1. The summed E-state index contributed by atoms with van der Waals surface area (Å²) in [6.07, 6.45) is -11.5. The van der Waals surface area contributed by atoms with Gasteiger partial charge in [-0.05, 0) is 40.3 Å². The van der Waals surface area contributed by atoms with Gasteiger partial charge in [0.15, 0.2) is 0 Å². The van der Waals surface area contributed by atoms with E-state index in [-0.39, 0.29) is 5.56 Å². The van der Waals surface area contributed by atoms with Crippen LogP contribution in [-0.2, 0) is 0 Å². The monoisotopic (exact) mass is 466 g/mol. The number of hydrogen-bond donors (Lipinski definition) is 1. The second-order valence-electron chi connectivity index (χ2n) is 4.62. The Kier molecular flexibility index (Phi) is 5.56. The van der Waals surface area contributed by atoms with Gasteiger partial charge in [0.2, 0.25) is 0 Å². The molecule has 1 atom stereocenters. The SMILES string of the molecule is OC(CC(F)(F)C(F)(F)C(F)(F)C(F)(F)F)c1ccc(I)cc1. The fourth-order valence-electron chi connectivity index (χ4n) is 1.58. The quantitative estimate of drug-likeness (QED) is 0.469. The topological polar surface area (TPSA) is 20.2 Å². The zero-order valence-electron chi connectivity index (χ0n) is 10.8. The van der Waals surface area contributed by atoms with Crippen molar-refractivity contribution in [3.63, 3.8) is 0 Å². The smallest absolute Gasteiger partial charge is 0.388 e. The molecule has 0 heterocycles. The Labute approximate surface area is 137 Å². The average Bonchev–Trinajstić information content (AvgIpc) is 2.37. The molecule has 1 rings (SSSR count). The minimum absolute atomic E-state index is 0.323. The Balaban J connectivity index is 3.07. The molecule has 1 N–H and O–H groups in total. The van der Waals surface area contributed by atoms with Crippen LogP contribution >= 0.6 is 22.6 Å². The Bertz CT molecular complexity index is 538. The summed E-state index contributed by atoms with van der Waals surface area (Å²) in [6, 6.07) is 4.73. The van der Waals surface area contributed by atoms with Crippen molar-refractivity contribution in [1.82, 2.24) is 0 Å². The first-order valence-electron chi connectivity index (χ1n) is 5.77. The molecule has 0 aliphatic rings. The molecule has 1 aromatic rings. The van der Waals surface area contributed by atoms with Gasteiger partial charge in [0, 0.05) is 9.99 Å². The maximum atomic E-state index is 13.4. The summed E-state index contributed by atoms with van der Waals surface area (Å²) in [4.78, 5) is 0. The zero-order chi connectivity index (χ0) is 18.3. The molecule has 0 aliphatic carbocycles. The van der Waals surface area contributed by atoms with E-state index < -0.39 is 36.5 Å². The third-order valence-corrected chi connectivity index (χ3v) is 3.63. The molecule has 0 aliphatic heterocycles. The van der Waals surface area contributed by atoms with Gasteiger partial charge in [0.1, 0.15) is 0 Å². The number of hydrogen-bond acceptors (Lipinski definition) is 1. The lowest BCUT2D eigenvalue weighted by molar-refractivity contribution is -0.398. The minimum atomic E-state index is -6.95. The summed E-state index contributed by atoms with van der Waals surface area (Å²) in [5.41, 5.74) is -0.323. The highest BCUT2D eigenvalue weighted by Crippen LogP contribution is 2.55. The molecule has 23 heavy (non-hydrogen) atoms. The summed E-state index contributed by atoms with van der Waals surface area (Å²) in [5.74, 6) is -19.5. The van der Waals surface area contributed by atoms with Crippen LogP contribution in [0.25, 0.3) is 0 Å². The number of aliphatic hydroxyl groups excluding tert-OH is 1. The van der Waals surface area contributed by atoms with Crippen LogP contribution in [0.2, 0.25) is 0 Å². The lowest BCUT2D eigenvalue weighted by Crippen LogP contribution is -2.61. The molecule has 1 nitrogen and oxygen atoms in total. The first kappa shape index (κ1) is 20.3. The van der Waals surface area contributed by atoms with E-state index in [2.05, 4.69) is 0 Å². The van der Waals surface area contributed by atoms with Crippen LogP contribution in [0.1, 0.15) is 18.1 Å². The Morgan fingerprint density at radius 2 is 1.26 bits per heavy atom. The van der Waals surface area contributed by atoms with Crippen LogP contribution in [0.15, 0.2) is 24.3 Å². The molecular weight excluding hydrogens is 458 g/mol. The maximum absolute atomic E-state index is 13.4. The first-order valence-corrected chi connectivity index (χ1v) is 6.85. The highest BCUT2D eigenvalue weighted by molar-refractivity contribution is 14.1. The van der Waals surface area contributed by atoms with Crippen molar-refractivity contribution in [3.8, 4) is 0 Å². The largest absolute Gasteiger partial charge is 0.460 e. The van der Waals surface area contributed by atoms with E-state index in [1.54, 1.807) is 22.6 Å². The summed E-state index contributed by atoms with van der Waals surface area (Å²) >= 11 is 1.81. The molecule has 0 aromatic heterocycles. The molecule has 132 valence electrons. The van der Waals surface area contributed by atoms with Crippen LogP contribution in [0.4, 0.5) is 39.5 Å². The van der Waals surface area contributed by atoms with E-state index in [1.165, 1.54) is 12.1 Å². The second-order valence-corrected chi connectivity index (χ2v) is 5.87. The van der Waals surface area contributed by atoms with Gasteiger partial charge in [-0.2, -0.15) is 39.5 Å². The number of rotatable bonds is 5. The number of halogens is 10. The molecule has 0 radical (unpaired) electrons. The Morgan fingerprint density at radius 3 is 1.65 bits per heavy atom. The summed E-state index contributed by atoms with van der Waals surface area (Å²) in [5, 5.41) is 9.44. The van der Waals surface area contributed by atoms with Crippen LogP contribution in [0.3, 0.4) is 0 Å². The molecule has 0 bridgehead atoms. The van der Waals surface area contributed by atoms with Crippen LogP contribution in [-0.4, -0.2) is 29.1 Å². The first-order chi connectivity index (χ1) is 10.1. The Hall–Kier alpha value is -0.720. The predicted octanol–water partition coefficient (Wildman–Crippen LogP) is 5.18. The third-order valence-electron chi connectivity index (χ3n) is 2.91. The van der Waals surface area contributed by atoms with E-state index in [9.17, 15) is 44.6 Å². The van der Waals surface area contributed by atoms with Crippen LogP contribution in [0.5, 0.6) is 0 Å². The molecule has 0 fully saturated rings. The van der Waals surface area contributed by atoms with Crippen LogP contribution < -0.4 is 0 Å². The van der Waals surface area contributed by atoms with Gasteiger partial charge in [-0.1, -0.05) is 12.1 Å². The van der Waals surface area contributed by atoms with Crippen molar-refractivity contribution in [2.75, 3.05) is 0 Å². The van der Waals surface area contributed by atoms with Gasteiger partial charge in [-0.3, -0.25) is 0 Å². The van der Waals surface area contributed by atoms with E-state index >= 15 is 0 Å². The second kappa shape index (κ2) is 6.30. The molecule has 0 saturated heterocycles. The summed E-state index contributed by atoms with van der Waals surface area (Å²) < 4.78 is 115. The molecule has 11 heteroatoms. The Morgan fingerprint density at radius 1 is 0.826 bits per heavy atom. The average molecular weight is 466 g/mol. The molecule has 0 amide bonds. The number of benzene rings is 1. The predicted molar refractivity (Wildman–Crippen MR) is 69.6 cm³/mol. The molecule has 0 saturated carbocycles. The van der Waals surface area contributed by atoms with Gasteiger partial charge in [-0.25, -0.2) is 0 Å². The van der Waals surface area contributed by atoms with Gasteiger partial charge < -0.3 is 5.11 Å². The number of alkyl halides is 9. The van der Waals surface area contributed by atoms with Crippen molar-refractivity contribution in [2.24, 2.45) is 0 Å². The summed E-state index contributed by atoms with van der Waals surface area (Å²) in [7, 11) is 0. The fraction of sp³-hybridized carbons (Fsp3) is 0.500. The lowest BCUT2D eigenvalue weighted by Gasteiger charge is -2.34. The molecule has 0 spiro atoms. The van der Waals surface area contributed by atoms with Crippen molar-refractivity contribution in [2.45, 2.75) is 36.5 Å². The van der Waals surface area contributed by atoms with E-state index in [4.69, 9.17) is 0 Å². The van der Waals surface area contributed by atoms with Gasteiger partial charge in [0.25, 0.3) is 0 Å². The fourth-order valence-corrected chi connectivity index (χ4v) is 1.94. The maximum Gasteiger partial charge on any atom is 0.460 e. The molecule has 1 unspecified atom stereocenters. The lowest BCUT2D eigenvalue weighted by atomic mass is 9.95. The van der Waals surface area contributed by atoms with E-state index in [0.29, 0.717) is 3.57 Å². The molecule has 1 aromatic carbocycles. The van der Waals surface area contributed by atoms with Gasteiger partial charge in [-0.15, -0.1) is 0 Å². The van der Waals surface area contributed by atoms with Crippen LogP contribution in [0, 0.1) is 3.57 Å². The van der Waals surface area contributed by atoms with E-state index in [1.807, 2.05) is 0 Å².